The van der Waals surface area contributed by atoms with E-state index in [1.54, 1.807) is 24.3 Å². The molecule has 4 aromatic rings. The predicted octanol–water partition coefficient (Wildman–Crippen LogP) is 8.49. The fourth-order valence-corrected chi connectivity index (χ4v) is 6.06. The van der Waals surface area contributed by atoms with Crippen molar-refractivity contribution in [3.05, 3.63) is 131 Å². The van der Waals surface area contributed by atoms with Gasteiger partial charge in [-0.3, -0.25) is 14.5 Å². The predicted molar refractivity (Wildman–Crippen MR) is 172 cm³/mol. The van der Waals surface area contributed by atoms with Gasteiger partial charge in [0.2, 0.25) is 5.91 Å². The number of alkyl halides is 3. The molecule has 1 heterocycles. The summed E-state index contributed by atoms with van der Waals surface area (Å²) in [5.74, 6) is 0.696. The van der Waals surface area contributed by atoms with Crippen LogP contribution in [-0.2, 0) is 17.4 Å². The van der Waals surface area contributed by atoms with E-state index in [2.05, 4.69) is 36.2 Å². The fraction of sp³-hybridized carbons (Fsp3) is 0.316. The highest BCUT2D eigenvalue weighted by Gasteiger charge is 2.32. The first-order valence-corrected chi connectivity index (χ1v) is 15.6. The van der Waals surface area contributed by atoms with Gasteiger partial charge in [0.05, 0.1) is 5.56 Å². The molecule has 1 aliphatic heterocycles. The van der Waals surface area contributed by atoms with Crippen molar-refractivity contribution in [2.24, 2.45) is 5.92 Å². The van der Waals surface area contributed by atoms with Crippen LogP contribution in [0, 0.1) is 5.92 Å². The summed E-state index contributed by atoms with van der Waals surface area (Å²) >= 11 is 0. The Morgan fingerprint density at radius 1 is 0.822 bits per heavy atom. The zero-order chi connectivity index (χ0) is 32.0. The molecule has 1 saturated heterocycles. The summed E-state index contributed by atoms with van der Waals surface area (Å²) in [6.45, 7) is 6.44. The van der Waals surface area contributed by atoms with Crippen molar-refractivity contribution in [2.45, 2.75) is 51.2 Å². The molecule has 0 aromatic heterocycles. The van der Waals surface area contributed by atoms with Crippen LogP contribution in [0.25, 0.3) is 11.1 Å². The Kier molecular flexibility index (Phi) is 10.2. The van der Waals surface area contributed by atoms with Gasteiger partial charge < -0.3 is 5.32 Å². The van der Waals surface area contributed by atoms with Gasteiger partial charge in [0.15, 0.2) is 5.78 Å². The standard InChI is InChI=1S/C38H39F3N2O2/c1-26(2)25-42-37(45)36(31-8-4-3-5-9-31)43-22-20-29(21-23-43)28-14-12-27(13-15-28)24-35(44)34-11-7-6-10-33(34)30-16-18-32(19-17-30)38(39,40)41/h3-19,26,29,36H,20-25H2,1-2H3,(H,42,45). The average molecular weight is 613 g/mol. The van der Waals surface area contributed by atoms with Crippen LogP contribution in [0.4, 0.5) is 13.2 Å². The van der Waals surface area contributed by atoms with Crippen LogP contribution in [0.15, 0.2) is 103 Å². The molecule has 0 aliphatic carbocycles. The topological polar surface area (TPSA) is 49.4 Å². The number of rotatable bonds is 10. The third-order valence-electron chi connectivity index (χ3n) is 8.51. The number of carbonyl (C=O) groups is 2. The van der Waals surface area contributed by atoms with Gasteiger partial charge in [0.1, 0.15) is 6.04 Å². The zero-order valence-electron chi connectivity index (χ0n) is 25.7. The molecule has 45 heavy (non-hydrogen) atoms. The van der Waals surface area contributed by atoms with E-state index in [0.717, 1.165) is 49.2 Å². The maximum absolute atomic E-state index is 13.4. The van der Waals surface area contributed by atoms with Gasteiger partial charge in [-0.2, -0.15) is 13.2 Å². The summed E-state index contributed by atoms with van der Waals surface area (Å²) in [6, 6.07) is 29.8. The van der Waals surface area contributed by atoms with Crippen LogP contribution >= 0.6 is 0 Å². The fourth-order valence-electron chi connectivity index (χ4n) is 6.06. The van der Waals surface area contributed by atoms with Crippen LogP contribution in [0.2, 0.25) is 0 Å². The van der Waals surface area contributed by atoms with Crippen molar-refractivity contribution >= 4 is 11.7 Å². The molecule has 5 rings (SSSR count). The van der Waals surface area contributed by atoms with Crippen molar-refractivity contribution in [1.29, 1.82) is 0 Å². The molecular weight excluding hydrogens is 573 g/mol. The summed E-state index contributed by atoms with van der Waals surface area (Å²) in [5.41, 5.74) is 4.06. The number of likely N-dealkylation sites (tertiary alicyclic amines) is 1. The first-order valence-electron chi connectivity index (χ1n) is 15.6. The molecule has 234 valence electrons. The van der Waals surface area contributed by atoms with Gasteiger partial charge in [-0.15, -0.1) is 0 Å². The highest BCUT2D eigenvalue weighted by atomic mass is 19.4. The highest BCUT2D eigenvalue weighted by molar-refractivity contribution is 6.03. The maximum Gasteiger partial charge on any atom is 0.416 e. The van der Waals surface area contributed by atoms with Crippen LogP contribution in [0.5, 0.6) is 0 Å². The number of hydrogen-bond donors (Lipinski definition) is 1. The number of piperidine rings is 1. The molecule has 4 nitrogen and oxygen atoms in total. The van der Waals surface area contributed by atoms with Crippen LogP contribution in [0.1, 0.15) is 71.3 Å². The first kappa shape index (κ1) is 32.2. The molecular formula is C38H39F3N2O2. The lowest BCUT2D eigenvalue weighted by Crippen LogP contribution is -2.44. The van der Waals surface area contributed by atoms with Crippen LogP contribution in [0.3, 0.4) is 0 Å². The van der Waals surface area contributed by atoms with Crippen molar-refractivity contribution in [1.82, 2.24) is 10.2 Å². The van der Waals surface area contributed by atoms with Gasteiger partial charge in [-0.1, -0.05) is 105 Å². The van der Waals surface area contributed by atoms with Crippen molar-refractivity contribution < 1.29 is 22.8 Å². The number of halogens is 3. The Morgan fingerprint density at radius 3 is 2.07 bits per heavy atom. The van der Waals surface area contributed by atoms with Gasteiger partial charge in [0.25, 0.3) is 0 Å². The van der Waals surface area contributed by atoms with E-state index < -0.39 is 11.7 Å². The number of amides is 1. The molecule has 0 bridgehead atoms. The lowest BCUT2D eigenvalue weighted by molar-refractivity contribution is -0.137. The summed E-state index contributed by atoms with van der Waals surface area (Å²) < 4.78 is 39.1. The SMILES string of the molecule is CC(C)CNC(=O)C(c1ccccc1)N1CCC(c2ccc(CC(=O)c3ccccc3-c3ccc(C(F)(F)F)cc3)cc2)CC1. The van der Waals surface area contributed by atoms with E-state index >= 15 is 0 Å². The lowest BCUT2D eigenvalue weighted by Gasteiger charge is -2.37. The Morgan fingerprint density at radius 2 is 1.44 bits per heavy atom. The van der Waals surface area contributed by atoms with Crippen LogP contribution in [-0.4, -0.2) is 36.2 Å². The molecule has 1 N–H and O–H groups in total. The number of benzene rings is 4. The molecule has 7 heteroatoms. The molecule has 1 atom stereocenters. The normalized spacial score (nSPS) is 15.2. The summed E-state index contributed by atoms with van der Waals surface area (Å²) in [6.07, 6.45) is -2.36. The average Bonchev–Trinajstić information content (AvgIpc) is 3.05. The molecule has 1 amide bonds. The van der Waals surface area contributed by atoms with Crippen molar-refractivity contribution in [3.8, 4) is 11.1 Å². The lowest BCUT2D eigenvalue weighted by atomic mass is 9.87. The summed E-state index contributed by atoms with van der Waals surface area (Å²) in [7, 11) is 0. The van der Waals surface area contributed by atoms with E-state index in [9.17, 15) is 22.8 Å². The van der Waals surface area contributed by atoms with Crippen molar-refractivity contribution in [2.75, 3.05) is 19.6 Å². The molecule has 0 radical (unpaired) electrons. The Balaban J connectivity index is 1.22. The van der Waals surface area contributed by atoms with E-state index in [0.29, 0.717) is 35.1 Å². The molecule has 1 unspecified atom stereocenters. The first-order chi connectivity index (χ1) is 21.6. The molecule has 1 aliphatic rings. The minimum Gasteiger partial charge on any atom is -0.354 e. The third kappa shape index (κ3) is 8.08. The summed E-state index contributed by atoms with van der Waals surface area (Å²) in [5, 5.41) is 3.13. The second-order valence-corrected chi connectivity index (χ2v) is 12.2. The number of ketones is 1. The van der Waals surface area contributed by atoms with Gasteiger partial charge >= 0.3 is 6.18 Å². The van der Waals surface area contributed by atoms with Gasteiger partial charge in [-0.05, 0) is 77.7 Å². The number of nitrogens with one attached hydrogen (secondary N) is 1. The number of nitrogens with zero attached hydrogens (tertiary/aromatic N) is 1. The maximum atomic E-state index is 13.4. The Bertz CT molecular complexity index is 1570. The van der Waals surface area contributed by atoms with E-state index in [-0.39, 0.29) is 24.2 Å². The molecule has 4 aromatic carbocycles. The third-order valence-corrected chi connectivity index (χ3v) is 8.51. The van der Waals surface area contributed by atoms with E-state index in [1.807, 2.05) is 42.5 Å². The smallest absolute Gasteiger partial charge is 0.354 e. The highest BCUT2D eigenvalue weighted by Crippen LogP contribution is 2.34. The Hall–Kier alpha value is -4.23. The Labute approximate surface area is 263 Å². The zero-order valence-corrected chi connectivity index (χ0v) is 25.7. The van der Waals surface area contributed by atoms with E-state index in [4.69, 9.17) is 0 Å². The van der Waals surface area contributed by atoms with E-state index in [1.165, 1.54) is 17.7 Å². The number of carbonyl (C=O) groups excluding carboxylic acids is 2. The minimum absolute atomic E-state index is 0.0438. The van der Waals surface area contributed by atoms with Crippen LogP contribution < -0.4 is 5.32 Å². The molecule has 1 fully saturated rings. The van der Waals surface area contributed by atoms with Gasteiger partial charge in [-0.25, -0.2) is 0 Å². The minimum atomic E-state index is -4.41. The monoisotopic (exact) mass is 612 g/mol. The summed E-state index contributed by atoms with van der Waals surface area (Å²) in [4.78, 5) is 28.9. The quantitative estimate of drug-likeness (QED) is 0.183. The largest absolute Gasteiger partial charge is 0.416 e. The number of hydrogen-bond acceptors (Lipinski definition) is 3. The second-order valence-electron chi connectivity index (χ2n) is 12.2. The van der Waals surface area contributed by atoms with Gasteiger partial charge in [0, 0.05) is 18.5 Å². The molecule has 0 spiro atoms. The molecule has 0 saturated carbocycles. The number of Topliss-reactive ketones (excluding diaryl/α,β-unsaturated/α-hetero) is 1. The van der Waals surface area contributed by atoms with Crippen molar-refractivity contribution in [3.63, 3.8) is 0 Å². The second kappa shape index (κ2) is 14.2.